The molecule has 0 saturated heterocycles. The van der Waals surface area contributed by atoms with Crippen molar-refractivity contribution in [2.75, 3.05) is 13.2 Å². The van der Waals surface area contributed by atoms with Gasteiger partial charge in [-0.2, -0.15) is 5.10 Å². The van der Waals surface area contributed by atoms with Crippen LogP contribution in [0.5, 0.6) is 0 Å². The van der Waals surface area contributed by atoms with Crippen molar-refractivity contribution in [3.8, 4) is 0 Å². The molecule has 2 rings (SSSR count). The first-order chi connectivity index (χ1) is 9.52. The van der Waals surface area contributed by atoms with Gasteiger partial charge in [0.05, 0.1) is 23.8 Å². The van der Waals surface area contributed by atoms with Crippen LogP contribution < -0.4 is 0 Å². The van der Waals surface area contributed by atoms with E-state index >= 15 is 0 Å². The Balaban J connectivity index is 2.25. The number of aryl methyl sites for hydroxylation is 2. The quantitative estimate of drug-likeness (QED) is 0.780. The van der Waals surface area contributed by atoms with Crippen LogP contribution in [-0.4, -0.2) is 40.1 Å². The van der Waals surface area contributed by atoms with Crippen molar-refractivity contribution in [2.45, 2.75) is 26.9 Å². The summed E-state index contributed by atoms with van der Waals surface area (Å²) in [6, 6.07) is 1.72. The number of aromatic nitrogens is 3. The lowest BCUT2D eigenvalue weighted by molar-refractivity contribution is 0.00456. The molecule has 0 radical (unpaired) electrons. The largest absolute Gasteiger partial charge is 0.457 e. The van der Waals surface area contributed by atoms with E-state index in [9.17, 15) is 4.79 Å². The summed E-state index contributed by atoms with van der Waals surface area (Å²) >= 11 is 0. The monoisotopic (exact) mass is 277 g/mol. The van der Waals surface area contributed by atoms with E-state index in [0.29, 0.717) is 29.8 Å². The Morgan fingerprint density at radius 3 is 2.95 bits per heavy atom. The van der Waals surface area contributed by atoms with Crippen molar-refractivity contribution in [3.63, 3.8) is 0 Å². The summed E-state index contributed by atoms with van der Waals surface area (Å²) in [6.45, 7) is 6.54. The molecule has 6 nitrogen and oxygen atoms in total. The maximum Gasteiger partial charge on any atom is 0.339 e. The van der Waals surface area contributed by atoms with Crippen molar-refractivity contribution in [2.24, 2.45) is 7.05 Å². The molecule has 0 aliphatic heterocycles. The molecule has 0 fully saturated rings. The van der Waals surface area contributed by atoms with Gasteiger partial charge in [0, 0.05) is 19.3 Å². The van der Waals surface area contributed by atoms with Crippen LogP contribution in [0, 0.1) is 6.92 Å². The van der Waals surface area contributed by atoms with Crippen molar-refractivity contribution in [1.82, 2.24) is 14.8 Å². The normalized spacial score (nSPS) is 12.6. The zero-order chi connectivity index (χ0) is 14.7. The number of hydrogen-bond acceptors (Lipinski definition) is 5. The fourth-order valence-electron chi connectivity index (χ4n) is 1.97. The first kappa shape index (κ1) is 14.5. The number of rotatable bonds is 5. The van der Waals surface area contributed by atoms with E-state index in [4.69, 9.17) is 9.47 Å². The molecular weight excluding hydrogens is 258 g/mol. The number of esters is 1. The summed E-state index contributed by atoms with van der Waals surface area (Å²) in [4.78, 5) is 16.6. The van der Waals surface area contributed by atoms with Crippen LogP contribution in [0.15, 0.2) is 12.3 Å². The van der Waals surface area contributed by atoms with Crippen LogP contribution in [-0.2, 0) is 16.5 Å². The summed E-state index contributed by atoms with van der Waals surface area (Å²) in [7, 11) is 1.79. The first-order valence-electron chi connectivity index (χ1n) is 6.61. The highest BCUT2D eigenvalue weighted by atomic mass is 16.6. The minimum atomic E-state index is -0.374. The van der Waals surface area contributed by atoms with Crippen LogP contribution in [0.3, 0.4) is 0 Å². The number of nitrogens with zero attached hydrogens (tertiary/aromatic N) is 3. The molecule has 0 saturated carbocycles. The van der Waals surface area contributed by atoms with Gasteiger partial charge in [0.2, 0.25) is 0 Å². The number of fused-ring (bicyclic) bond motifs is 1. The number of carbonyl (C=O) groups excluding carboxylic acids is 1. The second-order valence-electron chi connectivity index (χ2n) is 4.69. The van der Waals surface area contributed by atoms with Gasteiger partial charge in [0.1, 0.15) is 6.10 Å². The molecule has 0 aliphatic carbocycles. The first-order valence-corrected chi connectivity index (χ1v) is 6.61. The van der Waals surface area contributed by atoms with E-state index in [1.165, 1.54) is 0 Å². The molecule has 0 N–H and O–H groups in total. The van der Waals surface area contributed by atoms with E-state index in [2.05, 4.69) is 10.1 Å². The molecule has 2 heterocycles. The minimum Gasteiger partial charge on any atom is -0.457 e. The molecule has 2 aromatic rings. The van der Waals surface area contributed by atoms with Crippen LogP contribution in [0.2, 0.25) is 0 Å². The lowest BCUT2D eigenvalue weighted by Gasteiger charge is -2.13. The number of carbonyl (C=O) groups is 1. The molecule has 0 bridgehead atoms. The van der Waals surface area contributed by atoms with E-state index in [-0.39, 0.29) is 12.1 Å². The molecule has 0 spiro atoms. The summed E-state index contributed by atoms with van der Waals surface area (Å²) in [5.41, 5.74) is 1.92. The standard InChI is InChI=1S/C14H19N3O3/c1-5-19-8-10(3)20-14(18)11-6-9(2)16-13-12(11)7-15-17(13)4/h6-7,10H,5,8H2,1-4H3/t10-/m0/s1. The lowest BCUT2D eigenvalue weighted by Crippen LogP contribution is -2.20. The molecular formula is C14H19N3O3. The predicted molar refractivity (Wildman–Crippen MR) is 74.6 cm³/mol. The van der Waals surface area contributed by atoms with E-state index in [0.717, 1.165) is 5.69 Å². The highest BCUT2D eigenvalue weighted by Crippen LogP contribution is 2.19. The fourth-order valence-corrected chi connectivity index (χ4v) is 1.97. The van der Waals surface area contributed by atoms with Gasteiger partial charge in [0.25, 0.3) is 0 Å². The Bertz CT molecular complexity index is 621. The van der Waals surface area contributed by atoms with Crippen LogP contribution >= 0.6 is 0 Å². The average Bonchev–Trinajstić information content (AvgIpc) is 2.77. The average molecular weight is 277 g/mol. The molecule has 0 aromatic carbocycles. The second-order valence-corrected chi connectivity index (χ2v) is 4.69. The fraction of sp³-hybridized carbons (Fsp3) is 0.500. The SMILES string of the molecule is CCOC[C@H](C)OC(=O)c1cc(C)nc2c1cnn2C. The number of pyridine rings is 1. The van der Waals surface area contributed by atoms with E-state index in [1.807, 2.05) is 20.8 Å². The topological polar surface area (TPSA) is 66.2 Å². The number of hydrogen-bond donors (Lipinski definition) is 0. The van der Waals surface area contributed by atoms with Crippen LogP contribution in [0.25, 0.3) is 11.0 Å². The van der Waals surface area contributed by atoms with E-state index in [1.54, 1.807) is 24.0 Å². The van der Waals surface area contributed by atoms with Gasteiger partial charge >= 0.3 is 5.97 Å². The van der Waals surface area contributed by atoms with E-state index < -0.39 is 0 Å². The van der Waals surface area contributed by atoms with Crippen LogP contribution in [0.4, 0.5) is 0 Å². The molecule has 20 heavy (non-hydrogen) atoms. The third kappa shape index (κ3) is 2.96. The highest BCUT2D eigenvalue weighted by Gasteiger charge is 2.18. The molecule has 6 heteroatoms. The van der Waals surface area contributed by atoms with Crippen molar-refractivity contribution in [3.05, 3.63) is 23.5 Å². The van der Waals surface area contributed by atoms with Gasteiger partial charge < -0.3 is 9.47 Å². The molecule has 0 aliphatic rings. The molecule has 2 aromatic heterocycles. The van der Waals surface area contributed by atoms with Gasteiger partial charge in [0.15, 0.2) is 5.65 Å². The zero-order valence-electron chi connectivity index (χ0n) is 12.2. The van der Waals surface area contributed by atoms with Crippen molar-refractivity contribution in [1.29, 1.82) is 0 Å². The van der Waals surface area contributed by atoms with Gasteiger partial charge in [-0.3, -0.25) is 4.68 Å². The maximum atomic E-state index is 12.3. The van der Waals surface area contributed by atoms with Crippen LogP contribution in [0.1, 0.15) is 29.9 Å². The maximum absolute atomic E-state index is 12.3. The third-order valence-electron chi connectivity index (χ3n) is 2.92. The Kier molecular flexibility index (Phi) is 4.34. The second kappa shape index (κ2) is 6.00. The Morgan fingerprint density at radius 1 is 1.50 bits per heavy atom. The number of ether oxygens (including phenoxy) is 2. The Morgan fingerprint density at radius 2 is 2.25 bits per heavy atom. The molecule has 1 atom stereocenters. The predicted octanol–water partition coefficient (Wildman–Crippen LogP) is 1.86. The van der Waals surface area contributed by atoms with Crippen molar-refractivity contribution < 1.29 is 14.3 Å². The molecule has 0 unspecified atom stereocenters. The summed E-state index contributed by atoms with van der Waals surface area (Å²) < 4.78 is 12.3. The molecule has 0 amide bonds. The van der Waals surface area contributed by atoms with Gasteiger partial charge in [-0.15, -0.1) is 0 Å². The minimum absolute atomic E-state index is 0.289. The summed E-state index contributed by atoms with van der Waals surface area (Å²) in [6.07, 6.45) is 1.34. The lowest BCUT2D eigenvalue weighted by atomic mass is 10.1. The summed E-state index contributed by atoms with van der Waals surface area (Å²) in [5, 5.41) is 4.83. The van der Waals surface area contributed by atoms with Crippen molar-refractivity contribution >= 4 is 17.0 Å². The Hall–Kier alpha value is -1.95. The highest BCUT2D eigenvalue weighted by molar-refractivity contribution is 6.02. The Labute approximate surface area is 117 Å². The van der Waals surface area contributed by atoms with Gasteiger partial charge in [-0.1, -0.05) is 0 Å². The third-order valence-corrected chi connectivity index (χ3v) is 2.92. The van der Waals surface area contributed by atoms with Gasteiger partial charge in [-0.25, -0.2) is 9.78 Å². The zero-order valence-corrected chi connectivity index (χ0v) is 12.2. The smallest absolute Gasteiger partial charge is 0.339 e. The van der Waals surface area contributed by atoms with Gasteiger partial charge in [-0.05, 0) is 26.8 Å². The summed E-state index contributed by atoms with van der Waals surface area (Å²) in [5.74, 6) is -0.374. The molecule has 108 valence electrons.